The standard InChI is InChI=1S/C18H17ClF3NO6S2/c1-3-31(27,28)23-17(24)8-11-6-12(18(20,21)22)9-13(7-11)29-16-5-4-14(10-15(16)19)30(2,25)26/h4-7,9-10H,3,8H2,1-2H3,(H,23,24). The van der Waals surface area contributed by atoms with Crippen LogP contribution in [0.25, 0.3) is 0 Å². The third kappa shape index (κ3) is 7.11. The average molecular weight is 500 g/mol. The maximum absolute atomic E-state index is 13.3. The fourth-order valence-corrected chi connectivity index (χ4v) is 3.87. The van der Waals surface area contributed by atoms with Gasteiger partial charge in [-0.25, -0.2) is 16.8 Å². The van der Waals surface area contributed by atoms with E-state index in [-0.39, 0.29) is 32.7 Å². The summed E-state index contributed by atoms with van der Waals surface area (Å²) < 4.78 is 93.0. The molecule has 31 heavy (non-hydrogen) atoms. The summed E-state index contributed by atoms with van der Waals surface area (Å²) in [5.41, 5.74) is -1.28. The van der Waals surface area contributed by atoms with Crippen LogP contribution in [0.1, 0.15) is 18.1 Å². The first-order valence-electron chi connectivity index (χ1n) is 8.52. The molecule has 2 aromatic carbocycles. The Morgan fingerprint density at radius 1 is 1.10 bits per heavy atom. The molecule has 0 bridgehead atoms. The van der Waals surface area contributed by atoms with E-state index in [1.807, 2.05) is 0 Å². The van der Waals surface area contributed by atoms with Gasteiger partial charge >= 0.3 is 6.18 Å². The van der Waals surface area contributed by atoms with E-state index in [0.29, 0.717) is 12.1 Å². The first-order chi connectivity index (χ1) is 14.1. The number of nitrogens with one attached hydrogen (secondary N) is 1. The molecule has 0 spiro atoms. The van der Waals surface area contributed by atoms with Gasteiger partial charge in [0.25, 0.3) is 0 Å². The second kappa shape index (κ2) is 9.05. The number of halogens is 4. The van der Waals surface area contributed by atoms with E-state index in [4.69, 9.17) is 16.3 Å². The monoisotopic (exact) mass is 499 g/mol. The van der Waals surface area contributed by atoms with Crippen molar-refractivity contribution in [2.45, 2.75) is 24.4 Å². The van der Waals surface area contributed by atoms with Crippen LogP contribution >= 0.6 is 11.6 Å². The van der Waals surface area contributed by atoms with Gasteiger partial charge < -0.3 is 4.74 Å². The third-order valence-electron chi connectivity index (χ3n) is 3.87. The molecule has 0 aliphatic carbocycles. The first-order valence-corrected chi connectivity index (χ1v) is 12.4. The van der Waals surface area contributed by atoms with E-state index in [2.05, 4.69) is 0 Å². The fourth-order valence-electron chi connectivity index (χ4n) is 2.37. The number of alkyl halides is 3. The molecular weight excluding hydrogens is 483 g/mol. The average Bonchev–Trinajstić information content (AvgIpc) is 2.61. The Hall–Kier alpha value is -2.31. The minimum atomic E-state index is -4.77. The largest absolute Gasteiger partial charge is 0.456 e. The number of hydrogen-bond donors (Lipinski definition) is 1. The van der Waals surface area contributed by atoms with Crippen molar-refractivity contribution >= 4 is 37.4 Å². The highest BCUT2D eigenvalue weighted by molar-refractivity contribution is 7.90. The van der Waals surface area contributed by atoms with Gasteiger partial charge in [-0.05, 0) is 48.9 Å². The summed E-state index contributed by atoms with van der Waals surface area (Å²) in [4.78, 5) is 11.8. The van der Waals surface area contributed by atoms with Crippen molar-refractivity contribution in [2.24, 2.45) is 0 Å². The summed E-state index contributed by atoms with van der Waals surface area (Å²) >= 11 is 5.99. The van der Waals surface area contributed by atoms with Gasteiger partial charge in [0.1, 0.15) is 11.5 Å². The molecule has 7 nitrogen and oxygen atoms in total. The summed E-state index contributed by atoms with van der Waals surface area (Å²) in [6.07, 6.45) is -4.47. The lowest BCUT2D eigenvalue weighted by Gasteiger charge is -2.14. The maximum atomic E-state index is 13.3. The van der Waals surface area contributed by atoms with Crippen LogP contribution in [0.4, 0.5) is 13.2 Å². The molecule has 0 saturated heterocycles. The highest BCUT2D eigenvalue weighted by atomic mass is 35.5. The third-order valence-corrected chi connectivity index (χ3v) is 6.57. The molecule has 170 valence electrons. The van der Waals surface area contributed by atoms with Gasteiger partial charge in [-0.1, -0.05) is 11.6 Å². The van der Waals surface area contributed by atoms with Crippen LogP contribution in [-0.4, -0.2) is 34.8 Å². The quantitative estimate of drug-likeness (QED) is 0.624. The van der Waals surface area contributed by atoms with E-state index in [1.165, 1.54) is 19.1 Å². The lowest BCUT2D eigenvalue weighted by molar-refractivity contribution is -0.137. The highest BCUT2D eigenvalue weighted by Crippen LogP contribution is 2.36. The second-order valence-electron chi connectivity index (χ2n) is 6.44. The predicted molar refractivity (Wildman–Crippen MR) is 107 cm³/mol. The Balaban J connectivity index is 2.39. The van der Waals surface area contributed by atoms with Crippen molar-refractivity contribution in [3.63, 3.8) is 0 Å². The van der Waals surface area contributed by atoms with Gasteiger partial charge in [-0.2, -0.15) is 13.2 Å². The summed E-state index contributed by atoms with van der Waals surface area (Å²) in [7, 11) is -7.44. The molecule has 2 rings (SSSR count). The molecule has 2 aromatic rings. The molecular formula is C18H17ClF3NO6S2. The normalized spacial score (nSPS) is 12.5. The number of rotatable bonds is 7. The minimum Gasteiger partial charge on any atom is -0.456 e. The Kier molecular flexibility index (Phi) is 7.28. The number of carbonyl (C=O) groups is 1. The van der Waals surface area contributed by atoms with Gasteiger partial charge in [0.2, 0.25) is 15.9 Å². The molecule has 0 aliphatic heterocycles. The minimum absolute atomic E-state index is 0.108. The second-order valence-corrected chi connectivity index (χ2v) is 10.9. The number of sulfonamides is 1. The smallest absolute Gasteiger partial charge is 0.416 e. The molecule has 0 aromatic heterocycles. The Bertz CT molecular complexity index is 1210. The van der Waals surface area contributed by atoms with Crippen molar-refractivity contribution < 1.29 is 39.5 Å². The van der Waals surface area contributed by atoms with Gasteiger partial charge in [0, 0.05) is 6.26 Å². The van der Waals surface area contributed by atoms with E-state index in [1.54, 1.807) is 4.72 Å². The van der Waals surface area contributed by atoms with Crippen LogP contribution in [0.2, 0.25) is 5.02 Å². The summed E-state index contributed by atoms with van der Waals surface area (Å²) in [6, 6.07) is 5.93. The molecule has 0 unspecified atom stereocenters. The number of benzene rings is 2. The maximum Gasteiger partial charge on any atom is 0.416 e. The van der Waals surface area contributed by atoms with Gasteiger partial charge in [-0.15, -0.1) is 0 Å². The number of carbonyl (C=O) groups excluding carboxylic acids is 1. The van der Waals surface area contributed by atoms with Crippen molar-refractivity contribution in [3.05, 3.63) is 52.5 Å². The van der Waals surface area contributed by atoms with Crippen LogP contribution in [0.15, 0.2) is 41.3 Å². The molecule has 0 heterocycles. The lowest BCUT2D eigenvalue weighted by Crippen LogP contribution is -2.32. The van der Waals surface area contributed by atoms with E-state index in [9.17, 15) is 34.8 Å². The Morgan fingerprint density at radius 2 is 1.74 bits per heavy atom. The van der Waals surface area contributed by atoms with Gasteiger partial charge in [-0.3, -0.25) is 9.52 Å². The number of hydrogen-bond acceptors (Lipinski definition) is 6. The number of ether oxygens (including phenoxy) is 1. The van der Waals surface area contributed by atoms with E-state index < -0.39 is 43.9 Å². The van der Waals surface area contributed by atoms with E-state index in [0.717, 1.165) is 18.4 Å². The molecule has 0 atom stereocenters. The van der Waals surface area contributed by atoms with Crippen LogP contribution in [0.5, 0.6) is 11.5 Å². The van der Waals surface area contributed by atoms with Crippen molar-refractivity contribution in [1.82, 2.24) is 4.72 Å². The SMILES string of the molecule is CCS(=O)(=O)NC(=O)Cc1cc(Oc2ccc(S(C)(=O)=O)cc2Cl)cc(C(F)(F)F)c1. The zero-order chi connectivity index (χ0) is 23.6. The van der Waals surface area contributed by atoms with E-state index >= 15 is 0 Å². The predicted octanol–water partition coefficient (Wildman–Crippen LogP) is 3.56. The highest BCUT2D eigenvalue weighted by Gasteiger charge is 2.32. The number of sulfone groups is 1. The molecule has 0 radical (unpaired) electrons. The molecule has 0 aliphatic rings. The molecule has 0 saturated carbocycles. The first kappa shape index (κ1) is 25.0. The molecule has 0 fully saturated rings. The Labute approximate surface area is 182 Å². The molecule has 1 amide bonds. The van der Waals surface area contributed by atoms with Crippen LogP contribution in [0.3, 0.4) is 0 Å². The zero-order valence-corrected chi connectivity index (χ0v) is 18.5. The van der Waals surface area contributed by atoms with Crippen LogP contribution < -0.4 is 9.46 Å². The van der Waals surface area contributed by atoms with Crippen LogP contribution in [0, 0.1) is 0 Å². The van der Waals surface area contributed by atoms with Gasteiger partial charge in [0.05, 0.1) is 27.7 Å². The number of amides is 1. The molecule has 13 heteroatoms. The van der Waals surface area contributed by atoms with Gasteiger partial charge in [0.15, 0.2) is 9.84 Å². The van der Waals surface area contributed by atoms with Crippen molar-refractivity contribution in [2.75, 3.05) is 12.0 Å². The zero-order valence-electron chi connectivity index (χ0n) is 16.2. The Morgan fingerprint density at radius 3 is 2.26 bits per heavy atom. The van der Waals surface area contributed by atoms with Crippen molar-refractivity contribution in [1.29, 1.82) is 0 Å². The summed E-state index contributed by atoms with van der Waals surface area (Å²) in [5.74, 6) is -1.83. The summed E-state index contributed by atoms with van der Waals surface area (Å²) in [6.45, 7) is 1.30. The lowest BCUT2D eigenvalue weighted by atomic mass is 10.1. The topological polar surface area (TPSA) is 107 Å². The van der Waals surface area contributed by atoms with Crippen molar-refractivity contribution in [3.8, 4) is 11.5 Å². The summed E-state index contributed by atoms with van der Waals surface area (Å²) in [5, 5.41) is -0.159. The molecule has 1 N–H and O–H groups in total. The fraction of sp³-hybridized carbons (Fsp3) is 0.278. The van der Waals surface area contributed by atoms with Crippen LogP contribution in [-0.2, 0) is 37.3 Å².